The fraction of sp³-hybridized carbons (Fsp3) is 0.462. The van der Waals surface area contributed by atoms with Crippen molar-refractivity contribution in [3.63, 3.8) is 0 Å². The molecule has 5 nitrogen and oxygen atoms in total. The fourth-order valence-corrected chi connectivity index (χ4v) is 2.14. The highest BCUT2D eigenvalue weighted by molar-refractivity contribution is 6.00. The molecule has 1 unspecified atom stereocenters. The summed E-state index contributed by atoms with van der Waals surface area (Å²) in [6, 6.07) is 5.71. The summed E-state index contributed by atoms with van der Waals surface area (Å²) in [5.74, 6) is 5.46. The lowest BCUT2D eigenvalue weighted by Gasteiger charge is -2.33. The number of carbonyl (C=O) groups is 1. The van der Waals surface area contributed by atoms with Crippen LogP contribution in [0.4, 0.5) is 5.69 Å². The molecule has 98 valence electrons. The van der Waals surface area contributed by atoms with E-state index in [1.54, 1.807) is 0 Å². The second-order valence-electron chi connectivity index (χ2n) is 4.62. The maximum Gasteiger partial charge on any atom is 0.256 e. The third-order valence-electron chi connectivity index (χ3n) is 3.19. The third kappa shape index (κ3) is 2.47. The van der Waals surface area contributed by atoms with Gasteiger partial charge in [-0.25, -0.2) is 0 Å². The van der Waals surface area contributed by atoms with Gasteiger partial charge >= 0.3 is 0 Å². The van der Waals surface area contributed by atoms with Gasteiger partial charge in [0, 0.05) is 6.54 Å². The highest BCUT2D eigenvalue weighted by Crippen LogP contribution is 2.20. The Balaban J connectivity index is 2.29. The number of aryl methyl sites for hydroxylation is 1. The Hall–Kier alpha value is -1.59. The number of nitrogen functional groups attached to an aromatic ring is 1. The lowest BCUT2D eigenvalue weighted by Crippen LogP contribution is -2.47. The number of hydrogen-bond acceptors (Lipinski definition) is 4. The number of ether oxygens (including phenoxy) is 1. The number of amides is 1. The molecular formula is C13H19N3O2. The standard InChI is InChI=1S/C13H19N3O2/c1-9-3-4-12(15-14)11(7-9)13(17)16-5-6-18-8-10(16)2/h3-4,7,10,15H,5-6,8,14H2,1-2H3. The number of hydrogen-bond donors (Lipinski definition) is 2. The summed E-state index contributed by atoms with van der Waals surface area (Å²) in [6.45, 7) is 5.75. The van der Waals surface area contributed by atoms with E-state index in [2.05, 4.69) is 5.43 Å². The number of anilines is 1. The molecule has 1 heterocycles. The van der Waals surface area contributed by atoms with Crippen LogP contribution in [-0.2, 0) is 4.74 Å². The maximum atomic E-state index is 12.5. The second kappa shape index (κ2) is 5.37. The lowest BCUT2D eigenvalue weighted by atomic mass is 10.1. The van der Waals surface area contributed by atoms with Gasteiger partial charge in [0.05, 0.1) is 30.5 Å². The fourth-order valence-electron chi connectivity index (χ4n) is 2.14. The molecule has 1 saturated heterocycles. The topological polar surface area (TPSA) is 67.6 Å². The zero-order valence-corrected chi connectivity index (χ0v) is 10.8. The Kier molecular flexibility index (Phi) is 3.84. The zero-order chi connectivity index (χ0) is 13.1. The molecule has 0 bridgehead atoms. The van der Waals surface area contributed by atoms with Crippen LogP contribution < -0.4 is 11.3 Å². The first kappa shape index (κ1) is 12.9. The molecule has 1 fully saturated rings. The van der Waals surface area contributed by atoms with Crippen molar-refractivity contribution in [2.24, 2.45) is 5.84 Å². The molecule has 0 radical (unpaired) electrons. The number of carbonyl (C=O) groups excluding carboxylic acids is 1. The van der Waals surface area contributed by atoms with E-state index in [-0.39, 0.29) is 11.9 Å². The monoisotopic (exact) mass is 249 g/mol. The van der Waals surface area contributed by atoms with Gasteiger partial charge in [-0.3, -0.25) is 10.6 Å². The van der Waals surface area contributed by atoms with E-state index in [0.29, 0.717) is 31.0 Å². The number of hydrazine groups is 1. The van der Waals surface area contributed by atoms with E-state index in [4.69, 9.17) is 10.6 Å². The molecule has 1 aromatic rings. The lowest BCUT2D eigenvalue weighted by molar-refractivity contribution is 0.00364. The van der Waals surface area contributed by atoms with Gasteiger partial charge in [0.2, 0.25) is 0 Å². The summed E-state index contributed by atoms with van der Waals surface area (Å²) in [5, 5.41) is 0. The largest absolute Gasteiger partial charge is 0.377 e. The van der Waals surface area contributed by atoms with Crippen molar-refractivity contribution in [3.8, 4) is 0 Å². The van der Waals surface area contributed by atoms with E-state index < -0.39 is 0 Å². The van der Waals surface area contributed by atoms with Crippen LogP contribution in [0.15, 0.2) is 18.2 Å². The summed E-state index contributed by atoms with van der Waals surface area (Å²) in [6.07, 6.45) is 0. The Bertz CT molecular complexity index is 448. The van der Waals surface area contributed by atoms with Crippen molar-refractivity contribution in [2.45, 2.75) is 19.9 Å². The molecule has 2 rings (SSSR count). The molecule has 3 N–H and O–H groups in total. The van der Waals surface area contributed by atoms with Crippen molar-refractivity contribution in [3.05, 3.63) is 29.3 Å². The van der Waals surface area contributed by atoms with Crippen LogP contribution in [0, 0.1) is 6.92 Å². The smallest absolute Gasteiger partial charge is 0.256 e. The minimum atomic E-state index is 0.00227. The van der Waals surface area contributed by atoms with E-state index in [0.717, 1.165) is 5.56 Å². The summed E-state index contributed by atoms with van der Waals surface area (Å²) in [5.41, 5.74) is 4.89. The first-order valence-electron chi connectivity index (χ1n) is 6.09. The summed E-state index contributed by atoms with van der Waals surface area (Å²) < 4.78 is 5.34. The van der Waals surface area contributed by atoms with E-state index in [1.165, 1.54) is 0 Å². The molecule has 0 saturated carbocycles. The van der Waals surface area contributed by atoms with E-state index in [1.807, 2.05) is 36.9 Å². The number of nitrogens with two attached hydrogens (primary N) is 1. The molecule has 1 atom stereocenters. The van der Waals surface area contributed by atoms with Crippen molar-refractivity contribution in [2.75, 3.05) is 25.2 Å². The molecule has 5 heteroatoms. The quantitative estimate of drug-likeness (QED) is 0.609. The van der Waals surface area contributed by atoms with Crippen LogP contribution in [0.1, 0.15) is 22.8 Å². The molecule has 0 aliphatic carbocycles. The van der Waals surface area contributed by atoms with Crippen molar-refractivity contribution >= 4 is 11.6 Å². The minimum Gasteiger partial charge on any atom is -0.377 e. The SMILES string of the molecule is Cc1ccc(NN)c(C(=O)N2CCOCC2C)c1. The third-order valence-corrected chi connectivity index (χ3v) is 3.19. The summed E-state index contributed by atoms with van der Waals surface area (Å²) in [4.78, 5) is 14.3. The number of rotatable bonds is 2. The molecule has 0 aromatic heterocycles. The van der Waals surface area contributed by atoms with Gasteiger partial charge in [-0.2, -0.15) is 0 Å². The van der Waals surface area contributed by atoms with Crippen LogP contribution in [0.25, 0.3) is 0 Å². The van der Waals surface area contributed by atoms with Crippen LogP contribution in [-0.4, -0.2) is 36.6 Å². The van der Waals surface area contributed by atoms with Gasteiger partial charge in [-0.15, -0.1) is 0 Å². The molecule has 1 aliphatic rings. The van der Waals surface area contributed by atoms with Crippen LogP contribution in [0.3, 0.4) is 0 Å². The average molecular weight is 249 g/mol. The number of benzene rings is 1. The molecule has 1 aliphatic heterocycles. The molecule has 18 heavy (non-hydrogen) atoms. The van der Waals surface area contributed by atoms with Crippen LogP contribution in [0.2, 0.25) is 0 Å². The summed E-state index contributed by atoms with van der Waals surface area (Å²) >= 11 is 0. The first-order valence-corrected chi connectivity index (χ1v) is 6.09. The van der Waals surface area contributed by atoms with Gasteiger partial charge in [0.15, 0.2) is 0 Å². The predicted molar refractivity (Wildman–Crippen MR) is 70.3 cm³/mol. The first-order chi connectivity index (χ1) is 8.63. The Morgan fingerprint density at radius 3 is 3.00 bits per heavy atom. The Labute approximate surface area is 107 Å². The normalized spacial score (nSPS) is 19.7. The number of morpholine rings is 1. The number of nitrogens with one attached hydrogen (secondary N) is 1. The van der Waals surface area contributed by atoms with Gasteiger partial charge in [0.25, 0.3) is 5.91 Å². The van der Waals surface area contributed by atoms with Crippen LogP contribution in [0.5, 0.6) is 0 Å². The van der Waals surface area contributed by atoms with Gasteiger partial charge in [-0.05, 0) is 26.0 Å². The molecule has 1 amide bonds. The Morgan fingerprint density at radius 2 is 2.33 bits per heavy atom. The second-order valence-corrected chi connectivity index (χ2v) is 4.62. The zero-order valence-electron chi connectivity index (χ0n) is 10.8. The summed E-state index contributed by atoms with van der Waals surface area (Å²) in [7, 11) is 0. The average Bonchev–Trinajstić information content (AvgIpc) is 2.38. The van der Waals surface area contributed by atoms with Crippen molar-refractivity contribution < 1.29 is 9.53 Å². The maximum absolute atomic E-state index is 12.5. The number of nitrogens with zero attached hydrogens (tertiary/aromatic N) is 1. The van der Waals surface area contributed by atoms with Gasteiger partial charge < -0.3 is 15.1 Å². The van der Waals surface area contributed by atoms with Crippen molar-refractivity contribution in [1.82, 2.24) is 4.90 Å². The van der Waals surface area contributed by atoms with E-state index in [9.17, 15) is 4.79 Å². The predicted octanol–water partition coefficient (Wildman–Crippen LogP) is 1.14. The van der Waals surface area contributed by atoms with Gasteiger partial charge in [0.1, 0.15) is 0 Å². The van der Waals surface area contributed by atoms with E-state index >= 15 is 0 Å². The highest BCUT2D eigenvalue weighted by Gasteiger charge is 2.26. The molecule has 0 spiro atoms. The minimum absolute atomic E-state index is 0.00227. The molecular weight excluding hydrogens is 230 g/mol. The van der Waals surface area contributed by atoms with Gasteiger partial charge in [-0.1, -0.05) is 11.6 Å². The Morgan fingerprint density at radius 1 is 1.56 bits per heavy atom. The molecule has 1 aromatic carbocycles. The van der Waals surface area contributed by atoms with Crippen LogP contribution >= 0.6 is 0 Å². The highest BCUT2D eigenvalue weighted by atomic mass is 16.5. The van der Waals surface area contributed by atoms with Crippen molar-refractivity contribution in [1.29, 1.82) is 0 Å².